The van der Waals surface area contributed by atoms with E-state index in [4.69, 9.17) is 4.74 Å². The molecule has 1 atom stereocenters. The normalized spacial score (nSPS) is 20.0. The first-order valence-corrected chi connectivity index (χ1v) is 9.60. The van der Waals surface area contributed by atoms with Crippen molar-refractivity contribution in [2.45, 2.75) is 31.4 Å². The van der Waals surface area contributed by atoms with Crippen molar-refractivity contribution in [3.05, 3.63) is 65.5 Å². The van der Waals surface area contributed by atoms with Crippen molar-refractivity contribution in [1.29, 1.82) is 0 Å². The van der Waals surface area contributed by atoms with Crippen LogP contribution in [0.2, 0.25) is 0 Å². The number of nitrogens with zero attached hydrogens (tertiary/aromatic N) is 1. The van der Waals surface area contributed by atoms with Gasteiger partial charge in [0.2, 0.25) is 0 Å². The van der Waals surface area contributed by atoms with Gasteiger partial charge in [-0.05, 0) is 49.6 Å². The SMILES string of the molecule is COc1ccc(CCN(Cc2ccccc2F)C[C@]2(O)CCCNC2)cc1. The molecule has 0 bridgehead atoms. The van der Waals surface area contributed by atoms with Crippen LogP contribution in [0.15, 0.2) is 48.5 Å². The molecule has 0 saturated carbocycles. The fourth-order valence-electron chi connectivity index (χ4n) is 3.66. The first kappa shape index (κ1) is 19.8. The Morgan fingerprint density at radius 2 is 1.96 bits per heavy atom. The standard InChI is InChI=1S/C22H29FN2O2/c1-27-20-9-7-18(8-10-20)11-14-25(15-19-5-2-3-6-21(19)23)17-22(26)12-4-13-24-16-22/h2-3,5-10,24,26H,4,11-17H2,1H3/t22-/m0/s1. The highest BCUT2D eigenvalue weighted by atomic mass is 19.1. The minimum Gasteiger partial charge on any atom is -0.497 e. The van der Waals surface area contributed by atoms with E-state index in [-0.39, 0.29) is 5.82 Å². The van der Waals surface area contributed by atoms with Crippen molar-refractivity contribution in [3.8, 4) is 5.75 Å². The summed E-state index contributed by atoms with van der Waals surface area (Å²) in [5.74, 6) is 0.644. The molecule has 1 saturated heterocycles. The summed E-state index contributed by atoms with van der Waals surface area (Å²) in [4.78, 5) is 2.16. The lowest BCUT2D eigenvalue weighted by Crippen LogP contribution is -2.53. The fraction of sp³-hybridized carbons (Fsp3) is 0.455. The summed E-state index contributed by atoms with van der Waals surface area (Å²) in [6.45, 7) is 3.31. The Labute approximate surface area is 161 Å². The van der Waals surface area contributed by atoms with Crippen molar-refractivity contribution < 1.29 is 14.2 Å². The van der Waals surface area contributed by atoms with Crippen LogP contribution in [0.4, 0.5) is 4.39 Å². The highest BCUT2D eigenvalue weighted by molar-refractivity contribution is 5.27. The van der Waals surface area contributed by atoms with Gasteiger partial charge in [-0.1, -0.05) is 30.3 Å². The highest BCUT2D eigenvalue weighted by Crippen LogP contribution is 2.20. The maximum atomic E-state index is 14.2. The van der Waals surface area contributed by atoms with E-state index in [0.717, 1.165) is 38.1 Å². The maximum Gasteiger partial charge on any atom is 0.127 e. The molecule has 2 aromatic rings. The topological polar surface area (TPSA) is 44.7 Å². The number of nitrogens with one attached hydrogen (secondary N) is 1. The van der Waals surface area contributed by atoms with Gasteiger partial charge in [0.25, 0.3) is 0 Å². The molecule has 5 heteroatoms. The van der Waals surface area contributed by atoms with E-state index in [1.165, 1.54) is 11.6 Å². The third-order valence-electron chi connectivity index (χ3n) is 5.20. The van der Waals surface area contributed by atoms with E-state index in [1.807, 2.05) is 24.3 Å². The second-order valence-corrected chi connectivity index (χ2v) is 7.40. The van der Waals surface area contributed by atoms with E-state index in [9.17, 15) is 9.50 Å². The van der Waals surface area contributed by atoms with Gasteiger partial charge < -0.3 is 15.2 Å². The molecular weight excluding hydrogens is 343 g/mol. The Kier molecular flexibility index (Phi) is 6.83. The summed E-state index contributed by atoms with van der Waals surface area (Å²) in [5.41, 5.74) is 1.10. The van der Waals surface area contributed by atoms with Crippen LogP contribution in [0.3, 0.4) is 0 Å². The number of hydrogen-bond acceptors (Lipinski definition) is 4. The van der Waals surface area contributed by atoms with E-state index in [2.05, 4.69) is 22.3 Å². The lowest BCUT2D eigenvalue weighted by atomic mass is 9.93. The zero-order valence-electron chi connectivity index (χ0n) is 16.0. The molecule has 2 N–H and O–H groups in total. The zero-order valence-corrected chi connectivity index (χ0v) is 16.0. The van der Waals surface area contributed by atoms with Crippen LogP contribution in [-0.2, 0) is 13.0 Å². The number of β-amino-alcohol motifs (C(OH)–C–C–N with tert-alkyl or cyclic N) is 1. The van der Waals surface area contributed by atoms with Gasteiger partial charge in [-0.2, -0.15) is 0 Å². The van der Waals surface area contributed by atoms with Gasteiger partial charge in [0.05, 0.1) is 12.7 Å². The molecule has 0 amide bonds. The van der Waals surface area contributed by atoms with Gasteiger partial charge in [-0.25, -0.2) is 4.39 Å². The molecule has 1 aliphatic heterocycles. The number of aliphatic hydroxyl groups is 1. The second-order valence-electron chi connectivity index (χ2n) is 7.40. The predicted octanol–water partition coefficient (Wildman–Crippen LogP) is 2.99. The monoisotopic (exact) mass is 372 g/mol. The molecule has 0 aromatic heterocycles. The summed E-state index contributed by atoms with van der Waals surface area (Å²) in [6, 6.07) is 14.9. The van der Waals surface area contributed by atoms with Gasteiger partial charge >= 0.3 is 0 Å². The lowest BCUT2D eigenvalue weighted by Gasteiger charge is -2.37. The number of rotatable bonds is 8. The molecule has 1 fully saturated rings. The van der Waals surface area contributed by atoms with Crippen LogP contribution in [-0.4, -0.2) is 48.9 Å². The van der Waals surface area contributed by atoms with Gasteiger partial charge in [-0.3, -0.25) is 4.90 Å². The Balaban J connectivity index is 1.68. The third kappa shape index (κ3) is 5.76. The molecule has 0 spiro atoms. The molecule has 0 unspecified atom stereocenters. The van der Waals surface area contributed by atoms with Crippen LogP contribution in [0.25, 0.3) is 0 Å². The summed E-state index contributed by atoms with van der Waals surface area (Å²) >= 11 is 0. The number of benzene rings is 2. The summed E-state index contributed by atoms with van der Waals surface area (Å²) in [6.07, 6.45) is 2.57. The largest absolute Gasteiger partial charge is 0.497 e. The van der Waals surface area contributed by atoms with Crippen LogP contribution in [0.5, 0.6) is 5.75 Å². The molecule has 146 valence electrons. The fourth-order valence-corrected chi connectivity index (χ4v) is 3.66. The minimum atomic E-state index is -0.761. The molecule has 3 rings (SSSR count). The van der Waals surface area contributed by atoms with E-state index < -0.39 is 5.60 Å². The minimum absolute atomic E-state index is 0.194. The molecule has 4 nitrogen and oxygen atoms in total. The number of piperidine rings is 1. The number of methoxy groups -OCH3 is 1. The Morgan fingerprint density at radius 3 is 2.63 bits per heavy atom. The van der Waals surface area contributed by atoms with Gasteiger partial charge in [0, 0.05) is 31.7 Å². The van der Waals surface area contributed by atoms with Crippen molar-refractivity contribution in [1.82, 2.24) is 10.2 Å². The molecular formula is C22H29FN2O2. The average molecular weight is 372 g/mol. The quantitative estimate of drug-likeness (QED) is 0.748. The predicted molar refractivity (Wildman–Crippen MR) is 105 cm³/mol. The molecule has 27 heavy (non-hydrogen) atoms. The third-order valence-corrected chi connectivity index (χ3v) is 5.20. The molecule has 1 aliphatic rings. The summed E-state index contributed by atoms with van der Waals surface area (Å²) < 4.78 is 19.4. The Bertz CT molecular complexity index is 715. The highest BCUT2D eigenvalue weighted by Gasteiger charge is 2.31. The lowest BCUT2D eigenvalue weighted by molar-refractivity contribution is -0.0173. The summed E-state index contributed by atoms with van der Waals surface area (Å²) in [7, 11) is 1.66. The Hall–Kier alpha value is -1.95. The number of halogens is 1. The average Bonchev–Trinajstić information content (AvgIpc) is 2.68. The Morgan fingerprint density at radius 1 is 1.19 bits per heavy atom. The molecule has 2 aromatic carbocycles. The van der Waals surface area contributed by atoms with Crippen LogP contribution in [0, 0.1) is 5.82 Å². The van der Waals surface area contributed by atoms with Gasteiger partial charge in [0.15, 0.2) is 0 Å². The second kappa shape index (κ2) is 9.31. The number of ether oxygens (including phenoxy) is 1. The molecule has 1 heterocycles. The summed E-state index contributed by atoms with van der Waals surface area (Å²) in [5, 5.41) is 14.2. The van der Waals surface area contributed by atoms with Crippen LogP contribution >= 0.6 is 0 Å². The van der Waals surface area contributed by atoms with Gasteiger partial charge in [-0.15, -0.1) is 0 Å². The van der Waals surface area contributed by atoms with Crippen molar-refractivity contribution >= 4 is 0 Å². The number of hydrogen-bond donors (Lipinski definition) is 2. The van der Waals surface area contributed by atoms with Crippen molar-refractivity contribution in [2.75, 3.05) is 33.3 Å². The van der Waals surface area contributed by atoms with Crippen LogP contribution in [0.1, 0.15) is 24.0 Å². The molecule has 0 radical (unpaired) electrons. The smallest absolute Gasteiger partial charge is 0.127 e. The van der Waals surface area contributed by atoms with Crippen LogP contribution < -0.4 is 10.1 Å². The first-order chi connectivity index (χ1) is 13.1. The first-order valence-electron chi connectivity index (χ1n) is 9.60. The zero-order chi connectivity index (χ0) is 19.1. The van der Waals surface area contributed by atoms with E-state index in [1.54, 1.807) is 13.2 Å². The van der Waals surface area contributed by atoms with Crippen molar-refractivity contribution in [3.63, 3.8) is 0 Å². The van der Waals surface area contributed by atoms with Crippen molar-refractivity contribution in [2.24, 2.45) is 0 Å². The van der Waals surface area contributed by atoms with E-state index >= 15 is 0 Å². The van der Waals surface area contributed by atoms with E-state index in [0.29, 0.717) is 25.2 Å². The molecule has 0 aliphatic carbocycles. The maximum absolute atomic E-state index is 14.2. The van der Waals surface area contributed by atoms with Gasteiger partial charge in [0.1, 0.15) is 11.6 Å².